The summed E-state index contributed by atoms with van der Waals surface area (Å²) in [7, 11) is 0. The van der Waals surface area contributed by atoms with E-state index in [-0.39, 0.29) is 55.9 Å². The summed E-state index contributed by atoms with van der Waals surface area (Å²) < 4.78 is 121. The lowest BCUT2D eigenvalue weighted by Gasteiger charge is -2.40. The molecule has 2 bridgehead atoms. The molecule has 7 rings (SSSR count). The number of hydrogen-bond acceptors (Lipinski definition) is 8. The van der Waals surface area contributed by atoms with E-state index >= 15 is 4.39 Å². The monoisotopic (exact) mass is 689 g/mol. The molecule has 2 aromatic heterocycles. The number of halogens is 9. The van der Waals surface area contributed by atoms with Crippen molar-refractivity contribution in [1.29, 1.82) is 0 Å². The zero-order valence-electron chi connectivity index (χ0n) is 24.6. The average molecular weight is 690 g/mol. The van der Waals surface area contributed by atoms with Gasteiger partial charge < -0.3 is 20.7 Å². The third-order valence-corrected chi connectivity index (χ3v) is 9.91. The van der Waals surface area contributed by atoms with Crippen LogP contribution in [0.4, 0.5) is 46.8 Å². The van der Waals surface area contributed by atoms with Crippen molar-refractivity contribution in [3.05, 3.63) is 46.5 Å². The molecule has 4 aliphatic rings. The van der Waals surface area contributed by atoms with Crippen LogP contribution >= 0.6 is 11.6 Å². The molecule has 252 valence electrons. The summed E-state index contributed by atoms with van der Waals surface area (Å²) in [5, 5.41) is 2.58. The maximum atomic E-state index is 16.6. The van der Waals surface area contributed by atoms with Crippen LogP contribution < -0.4 is 20.7 Å². The molecule has 4 saturated heterocycles. The van der Waals surface area contributed by atoms with Gasteiger partial charge in [0.05, 0.1) is 27.4 Å². The minimum atomic E-state index is -5.30. The molecule has 0 saturated carbocycles. The fourth-order valence-electron chi connectivity index (χ4n) is 7.76. The maximum absolute atomic E-state index is 16.6. The van der Waals surface area contributed by atoms with Crippen LogP contribution in [0.15, 0.2) is 24.3 Å². The summed E-state index contributed by atoms with van der Waals surface area (Å²) >= 11 is 6.43. The van der Waals surface area contributed by atoms with Crippen molar-refractivity contribution in [3.8, 4) is 17.3 Å². The van der Waals surface area contributed by atoms with E-state index in [9.17, 15) is 30.7 Å². The molecule has 17 heteroatoms. The molecule has 0 amide bonds. The van der Waals surface area contributed by atoms with Gasteiger partial charge >= 0.3 is 12.2 Å². The molecule has 1 aromatic carbocycles. The Kier molecular flexibility index (Phi) is 7.71. The molecule has 3 N–H and O–H groups in total. The summed E-state index contributed by atoms with van der Waals surface area (Å²) in [6.45, 7) is 1.09. The highest BCUT2D eigenvalue weighted by Gasteiger charge is 2.50. The number of alkyl halides is 4. The van der Waals surface area contributed by atoms with Gasteiger partial charge in [-0.3, -0.25) is 4.90 Å². The number of nitrogens with two attached hydrogens (primary N) is 1. The number of piperazine rings is 1. The zero-order valence-corrected chi connectivity index (χ0v) is 25.3. The summed E-state index contributed by atoms with van der Waals surface area (Å²) in [6.07, 6.45) is -4.84. The Morgan fingerprint density at radius 2 is 1.94 bits per heavy atom. The predicted molar refractivity (Wildman–Crippen MR) is 157 cm³/mol. The second-order valence-electron chi connectivity index (χ2n) is 12.7. The molecule has 4 aliphatic heterocycles. The van der Waals surface area contributed by atoms with Crippen LogP contribution in [0, 0.1) is 11.6 Å². The third-order valence-electron chi connectivity index (χ3n) is 9.61. The molecule has 0 aliphatic carbocycles. The quantitative estimate of drug-likeness (QED) is 0.293. The van der Waals surface area contributed by atoms with Gasteiger partial charge in [0.2, 0.25) is 0 Å². The number of rotatable bonds is 6. The lowest BCUT2D eigenvalue weighted by molar-refractivity contribution is -0.139. The van der Waals surface area contributed by atoms with Crippen LogP contribution in [0.2, 0.25) is 5.02 Å². The van der Waals surface area contributed by atoms with E-state index in [1.807, 2.05) is 4.90 Å². The smallest absolute Gasteiger partial charge is 0.421 e. The summed E-state index contributed by atoms with van der Waals surface area (Å²) in [6, 6.07) is 0.888. The van der Waals surface area contributed by atoms with E-state index in [4.69, 9.17) is 22.1 Å². The average Bonchev–Trinajstić information content (AvgIpc) is 3.58. The highest BCUT2D eigenvalue weighted by atomic mass is 35.5. The normalized spacial score (nSPS) is 27.5. The van der Waals surface area contributed by atoms with Gasteiger partial charge in [-0.05, 0) is 38.3 Å². The van der Waals surface area contributed by atoms with Gasteiger partial charge in [0.25, 0.3) is 6.08 Å². The Labute approximate surface area is 267 Å². The summed E-state index contributed by atoms with van der Waals surface area (Å²) in [4.78, 5) is 16.0. The van der Waals surface area contributed by atoms with Crippen LogP contribution in [-0.4, -0.2) is 75.9 Å². The minimum Gasteiger partial charge on any atom is -0.461 e. The number of ether oxygens (including phenoxy) is 1. The Balaban J connectivity index is 1.39. The first-order valence-electron chi connectivity index (χ1n) is 15.0. The van der Waals surface area contributed by atoms with Crippen LogP contribution in [0.5, 0.6) is 6.01 Å². The Bertz CT molecular complexity index is 1790. The van der Waals surface area contributed by atoms with Crippen LogP contribution in [0.25, 0.3) is 22.2 Å². The molecular weight excluding hydrogens is 662 g/mol. The lowest BCUT2D eigenvalue weighted by Crippen LogP contribution is -2.59. The largest absolute Gasteiger partial charge is 0.461 e. The van der Waals surface area contributed by atoms with Gasteiger partial charge in [-0.25, -0.2) is 18.2 Å². The number of nitrogens with zero attached hydrogens (tertiary/aromatic N) is 5. The van der Waals surface area contributed by atoms with Crippen molar-refractivity contribution >= 4 is 34.1 Å². The predicted octanol–water partition coefficient (Wildman–Crippen LogP) is 6.27. The second kappa shape index (κ2) is 11.3. The van der Waals surface area contributed by atoms with Crippen molar-refractivity contribution < 1.29 is 39.9 Å². The highest BCUT2D eigenvalue weighted by molar-refractivity contribution is 6.34. The number of nitrogen functional groups attached to an aromatic ring is 1. The van der Waals surface area contributed by atoms with Gasteiger partial charge in [0, 0.05) is 49.6 Å². The summed E-state index contributed by atoms with van der Waals surface area (Å²) in [5.74, 6) is -3.76. The molecule has 3 aromatic rings. The maximum Gasteiger partial charge on any atom is 0.421 e. The van der Waals surface area contributed by atoms with Crippen molar-refractivity contribution in [2.75, 3.05) is 43.4 Å². The van der Waals surface area contributed by atoms with E-state index in [1.165, 1.54) is 0 Å². The number of benzene rings is 1. The number of fused-ring (bicyclic) bond motifs is 4. The zero-order chi connectivity index (χ0) is 33.5. The Morgan fingerprint density at radius 1 is 1.15 bits per heavy atom. The van der Waals surface area contributed by atoms with Crippen LogP contribution in [-0.2, 0) is 6.18 Å². The molecule has 4 fully saturated rings. The number of anilines is 2. The Hall–Kier alpha value is -3.50. The van der Waals surface area contributed by atoms with Crippen molar-refractivity contribution in [2.45, 2.75) is 61.6 Å². The van der Waals surface area contributed by atoms with E-state index in [0.29, 0.717) is 31.9 Å². The fourth-order valence-corrected chi connectivity index (χ4v) is 8.04. The number of nitrogens with one attached hydrogen (secondary N) is 1. The number of hydrogen-bond donors (Lipinski definition) is 2. The van der Waals surface area contributed by atoms with Gasteiger partial charge in [-0.1, -0.05) is 11.6 Å². The van der Waals surface area contributed by atoms with E-state index in [0.717, 1.165) is 18.6 Å². The van der Waals surface area contributed by atoms with Crippen molar-refractivity contribution in [2.24, 2.45) is 0 Å². The van der Waals surface area contributed by atoms with Crippen LogP contribution in [0.1, 0.15) is 37.7 Å². The first-order valence-corrected chi connectivity index (χ1v) is 15.4. The van der Waals surface area contributed by atoms with E-state index in [2.05, 4.69) is 20.3 Å². The molecule has 0 radical (unpaired) electrons. The number of aromatic nitrogens is 3. The van der Waals surface area contributed by atoms with E-state index in [1.54, 1.807) is 4.90 Å². The minimum absolute atomic E-state index is 0.0190. The molecular formula is C30H28ClF8N7O. The SMILES string of the molecule is Nc1cc(F)c(C(F)(F)F)c(-c2c(Cl)cc3c(N4C[C@H]5CC[C@@](C=C(F)F)(C4)N5)nc(OCC45CCCN4C[C@H](F)C5)nc3c2F)n1. The molecule has 47 heavy (non-hydrogen) atoms. The molecule has 4 atom stereocenters. The molecule has 1 unspecified atom stereocenters. The fraction of sp³-hybridized carbons (Fsp3) is 0.500. The van der Waals surface area contributed by atoms with Gasteiger partial charge in [0.15, 0.2) is 5.82 Å². The molecule has 8 nitrogen and oxygen atoms in total. The van der Waals surface area contributed by atoms with Gasteiger partial charge in [-0.15, -0.1) is 0 Å². The van der Waals surface area contributed by atoms with E-state index < -0.39 is 74.3 Å². The molecule has 6 heterocycles. The lowest BCUT2D eigenvalue weighted by atomic mass is 9.95. The van der Waals surface area contributed by atoms with Crippen molar-refractivity contribution in [3.63, 3.8) is 0 Å². The number of pyridine rings is 1. The molecule has 0 spiro atoms. The first kappa shape index (κ1) is 32.1. The highest BCUT2D eigenvalue weighted by Crippen LogP contribution is 2.46. The topological polar surface area (TPSA) is 92.4 Å². The van der Waals surface area contributed by atoms with Gasteiger partial charge in [-0.2, -0.15) is 31.9 Å². The standard InChI is InChI=1S/C30H28ClF8N7O/c31-17-6-16-24(23(36)21(17)25-22(30(37,38)39)18(33)7-20(40)41-25)42-27(47-13-29-3-1-5-46(29)10-14(32)8-29)43-26(16)45-11-15-2-4-28(12-45,44-15)9-19(34)35/h6-7,9,14-15,44H,1-5,8,10-13H2,(H2,40,41)/t14-,15-,28-,29?/m1/s1. The van der Waals surface area contributed by atoms with Gasteiger partial charge in [0.1, 0.15) is 41.3 Å². The third kappa shape index (κ3) is 5.61. The second-order valence-corrected chi connectivity index (χ2v) is 13.1. The summed E-state index contributed by atoms with van der Waals surface area (Å²) in [5.41, 5.74) is -0.680. The Morgan fingerprint density at radius 3 is 2.68 bits per heavy atom. The van der Waals surface area contributed by atoms with Crippen molar-refractivity contribution in [1.82, 2.24) is 25.2 Å². The van der Waals surface area contributed by atoms with Crippen LogP contribution in [0.3, 0.4) is 0 Å². The first-order chi connectivity index (χ1) is 22.2.